The third-order valence-corrected chi connectivity index (χ3v) is 1.76. The van der Waals surface area contributed by atoms with Crippen LogP contribution in [-0.4, -0.2) is 44.7 Å². The summed E-state index contributed by atoms with van der Waals surface area (Å²) in [6, 6.07) is 0. The van der Waals surface area contributed by atoms with Crippen LogP contribution < -0.4 is 5.82 Å². The van der Waals surface area contributed by atoms with E-state index in [1.807, 2.05) is 0 Å². The third-order valence-electron chi connectivity index (χ3n) is 1.76. The molecule has 11 heteroatoms. The number of rotatable bonds is 1. The van der Waals surface area contributed by atoms with Gasteiger partial charge in [0.1, 0.15) is 25.8 Å². The lowest BCUT2D eigenvalue weighted by Gasteiger charge is -1.94. The Kier molecular flexibility index (Phi) is 6.71. The van der Waals surface area contributed by atoms with Crippen molar-refractivity contribution in [2.45, 2.75) is 12.5 Å². The van der Waals surface area contributed by atoms with Gasteiger partial charge in [0, 0.05) is 0 Å². The maximum Gasteiger partial charge on any atom is 0.518 e. The van der Waals surface area contributed by atoms with E-state index >= 15 is 0 Å². The van der Waals surface area contributed by atoms with Crippen LogP contribution in [0.25, 0.3) is 0 Å². The Hall–Kier alpha value is -2.59. The van der Waals surface area contributed by atoms with Crippen molar-refractivity contribution < 1.29 is 46.2 Å². The van der Waals surface area contributed by atoms with E-state index in [1.165, 1.54) is 12.5 Å². The van der Waals surface area contributed by atoms with Gasteiger partial charge in [0.2, 0.25) is 0 Å². The number of halogens is 2. The summed E-state index contributed by atoms with van der Waals surface area (Å²) in [4.78, 5) is 29.5. The van der Waals surface area contributed by atoms with Gasteiger partial charge in [-0.3, -0.25) is 0 Å². The number of carbonyl (C=O) groups excluding carboxylic acids is 2. The van der Waals surface area contributed by atoms with Crippen molar-refractivity contribution in [3.8, 4) is 0 Å². The summed E-state index contributed by atoms with van der Waals surface area (Å²) in [5, 5.41) is 0. The van der Waals surface area contributed by atoms with Crippen LogP contribution in [0.2, 0.25) is 0 Å². The summed E-state index contributed by atoms with van der Waals surface area (Å²) in [7, 11) is 0. The van der Waals surface area contributed by atoms with Crippen LogP contribution in [0.15, 0.2) is 26.2 Å². The van der Waals surface area contributed by atoms with Gasteiger partial charge in [-0.15, -0.1) is 0 Å². The lowest BCUT2D eigenvalue weighted by molar-refractivity contribution is 0.0572. The highest BCUT2D eigenvalue weighted by Gasteiger charge is 2.24. The number of cyclic esters (lactones) is 4. The van der Waals surface area contributed by atoms with Crippen molar-refractivity contribution in [3.63, 3.8) is 0 Å². The minimum Gasteiger partial charge on any atom is -0.430 e. The Labute approximate surface area is 115 Å². The molecule has 3 rings (SSSR count). The second-order valence-corrected chi connectivity index (χ2v) is 3.30. The van der Waals surface area contributed by atoms with E-state index in [9.17, 15) is 23.2 Å². The zero-order chi connectivity index (χ0) is 15.7. The molecule has 1 aromatic heterocycles. The predicted molar refractivity (Wildman–Crippen MR) is 56.8 cm³/mol. The van der Waals surface area contributed by atoms with E-state index < -0.39 is 37.3 Å². The number of alkyl halides is 2. The first-order chi connectivity index (χ1) is 10.0. The molecule has 118 valence electrons. The number of ether oxygens (including phenoxy) is 4. The van der Waals surface area contributed by atoms with Crippen molar-refractivity contribution in [2.24, 2.45) is 0 Å². The number of hydrogen-bond donors (Lipinski definition) is 0. The highest BCUT2D eigenvalue weighted by atomic mass is 19.1. The predicted octanol–water partition coefficient (Wildman–Crippen LogP) is 1.17. The largest absolute Gasteiger partial charge is 0.518 e. The van der Waals surface area contributed by atoms with Gasteiger partial charge in [0.15, 0.2) is 12.7 Å². The summed E-state index contributed by atoms with van der Waals surface area (Å²) in [6.07, 6.45) is -1.54. The van der Waals surface area contributed by atoms with E-state index in [1.54, 1.807) is 0 Å². The van der Waals surface area contributed by atoms with E-state index in [2.05, 4.69) is 27.8 Å². The molecule has 2 fully saturated rings. The minimum atomic E-state index is -1.55. The first kappa shape index (κ1) is 16.5. The zero-order valence-electron chi connectivity index (χ0n) is 10.4. The molecule has 2 saturated heterocycles. The molecule has 0 radical (unpaired) electrons. The van der Waals surface area contributed by atoms with Crippen molar-refractivity contribution in [1.29, 1.82) is 0 Å². The van der Waals surface area contributed by atoms with Gasteiger partial charge < -0.3 is 27.8 Å². The first-order valence-electron chi connectivity index (χ1n) is 5.40. The summed E-state index contributed by atoms with van der Waals surface area (Å²) in [5.41, 5.74) is 0. The van der Waals surface area contributed by atoms with Crippen LogP contribution in [-0.2, 0) is 18.9 Å². The fraction of sp³-hybridized carbons (Fsp3) is 0.500. The van der Waals surface area contributed by atoms with Crippen LogP contribution in [0, 0.1) is 0 Å². The minimum absolute atomic E-state index is 0.0509. The van der Waals surface area contributed by atoms with Gasteiger partial charge in [-0.05, 0) is 0 Å². The van der Waals surface area contributed by atoms with E-state index in [4.69, 9.17) is 0 Å². The molecule has 3 heterocycles. The summed E-state index contributed by atoms with van der Waals surface area (Å²) in [6.45, 7) is -0.875. The third kappa shape index (κ3) is 6.94. The molecule has 21 heavy (non-hydrogen) atoms. The van der Waals surface area contributed by atoms with Crippen molar-refractivity contribution in [1.82, 2.24) is 0 Å². The fourth-order valence-corrected chi connectivity index (χ4v) is 0.942. The Morgan fingerprint density at radius 1 is 1.00 bits per heavy atom. The Morgan fingerprint density at radius 2 is 1.57 bits per heavy atom. The molecule has 9 nitrogen and oxygen atoms in total. The van der Waals surface area contributed by atoms with Crippen LogP contribution in [0.4, 0.5) is 18.4 Å². The molecule has 2 atom stereocenters. The summed E-state index contributed by atoms with van der Waals surface area (Å²) >= 11 is 0. The second-order valence-electron chi connectivity index (χ2n) is 3.30. The van der Waals surface area contributed by atoms with Gasteiger partial charge in [0.05, 0.1) is 0 Å². The molecule has 0 amide bonds. The van der Waals surface area contributed by atoms with Gasteiger partial charge in [-0.25, -0.2) is 18.8 Å². The standard InChI is InChI=1S/C4H5FO3.C3H3FO3.C3H2O3/c5-1-3-2-7-4(6)8-3;4-2-1-6-3(5)7-2;4-3-5-1-2-6-3/h3H,1-2H2;2H,1H2;1-2H. The lowest BCUT2D eigenvalue weighted by atomic mass is 10.4. The number of hydrogen-bond acceptors (Lipinski definition) is 9. The molecular formula is C10H10F2O9. The second kappa shape index (κ2) is 8.55. The van der Waals surface area contributed by atoms with Crippen LogP contribution in [0.5, 0.6) is 0 Å². The monoisotopic (exact) mass is 312 g/mol. The van der Waals surface area contributed by atoms with E-state index in [0.717, 1.165) is 0 Å². The maximum atomic E-state index is 11.6. The van der Waals surface area contributed by atoms with Gasteiger partial charge >= 0.3 is 18.1 Å². The quantitative estimate of drug-likeness (QED) is 0.705. The average molecular weight is 312 g/mol. The SMILES string of the molecule is O=C1OCC(CF)O1.O=C1OCC(F)O1.O=c1occo1. The molecule has 0 spiro atoms. The molecular weight excluding hydrogens is 302 g/mol. The van der Waals surface area contributed by atoms with Crippen LogP contribution in [0.1, 0.15) is 0 Å². The highest BCUT2D eigenvalue weighted by Crippen LogP contribution is 2.05. The molecule has 0 saturated carbocycles. The molecule has 0 bridgehead atoms. The zero-order valence-corrected chi connectivity index (χ0v) is 10.4. The number of carbonyl (C=O) groups is 2. The van der Waals surface area contributed by atoms with Crippen molar-refractivity contribution >= 4 is 12.3 Å². The molecule has 2 aliphatic heterocycles. The van der Waals surface area contributed by atoms with Gasteiger partial charge in [-0.2, -0.15) is 4.39 Å². The molecule has 1 aromatic rings. The smallest absolute Gasteiger partial charge is 0.430 e. The van der Waals surface area contributed by atoms with E-state index in [0.29, 0.717) is 0 Å². The topological polar surface area (TPSA) is 114 Å². The molecule has 0 aliphatic carbocycles. The van der Waals surface area contributed by atoms with Crippen LogP contribution in [0.3, 0.4) is 0 Å². The van der Waals surface area contributed by atoms with E-state index in [-0.39, 0.29) is 13.2 Å². The normalized spacial score (nSPS) is 22.6. The van der Waals surface area contributed by atoms with Crippen molar-refractivity contribution in [2.75, 3.05) is 19.9 Å². The molecule has 0 aromatic carbocycles. The van der Waals surface area contributed by atoms with Gasteiger partial charge in [0.25, 0.3) is 6.36 Å². The van der Waals surface area contributed by atoms with Gasteiger partial charge in [-0.1, -0.05) is 0 Å². The Balaban J connectivity index is 0.000000159. The highest BCUT2D eigenvalue weighted by molar-refractivity contribution is 5.62. The molecule has 2 aliphatic rings. The summed E-state index contributed by atoms with van der Waals surface area (Å²) < 4.78 is 47.7. The average Bonchev–Trinajstić information content (AvgIpc) is 3.16. The lowest BCUT2D eigenvalue weighted by Crippen LogP contribution is -2.11. The van der Waals surface area contributed by atoms with Crippen LogP contribution >= 0.6 is 0 Å². The van der Waals surface area contributed by atoms with Crippen molar-refractivity contribution in [3.05, 3.63) is 23.1 Å². The fourth-order valence-electron chi connectivity index (χ4n) is 0.942. The molecule has 0 N–H and O–H groups in total. The molecule has 2 unspecified atom stereocenters. The Bertz CT molecular complexity index is 480. The first-order valence-corrected chi connectivity index (χ1v) is 5.40. The Morgan fingerprint density at radius 3 is 1.76 bits per heavy atom. The summed E-state index contributed by atoms with van der Waals surface area (Å²) in [5.74, 6) is -0.657. The maximum absolute atomic E-state index is 11.6.